The first-order valence-electron chi connectivity index (χ1n) is 8.54. The fourth-order valence-corrected chi connectivity index (χ4v) is 5.03. The summed E-state index contributed by atoms with van der Waals surface area (Å²) < 4.78 is 25.5. The highest BCUT2D eigenvalue weighted by molar-refractivity contribution is 7.91. The lowest BCUT2D eigenvalue weighted by Crippen LogP contribution is -2.38. The molecule has 142 valence electrons. The van der Waals surface area contributed by atoms with Crippen molar-refractivity contribution in [3.05, 3.63) is 65.5 Å². The van der Waals surface area contributed by atoms with Gasteiger partial charge >= 0.3 is 0 Å². The average molecular weight is 404 g/mol. The van der Waals surface area contributed by atoms with E-state index in [1.807, 2.05) is 30.3 Å². The number of rotatable bonds is 7. The fourth-order valence-electron chi connectivity index (χ4n) is 2.67. The first-order valence-corrected chi connectivity index (χ1v) is 11.0. The Bertz CT molecular complexity index is 1010. The standard InChI is InChI=1S/C20H21NO4S2/c1-20(23,18-13-15-7-5-6-10-17(15)26-18)14-21-19(22)11-12-27(24,25)16-8-3-2-4-9-16/h2-10,13,23H,11-12,14H2,1H3,(H,21,22)/t20-/m0/s1. The van der Waals surface area contributed by atoms with Crippen molar-refractivity contribution >= 4 is 37.2 Å². The molecule has 5 nitrogen and oxygen atoms in total. The number of benzene rings is 2. The Hall–Kier alpha value is -2.22. The van der Waals surface area contributed by atoms with Crippen molar-refractivity contribution in [1.29, 1.82) is 0 Å². The molecule has 2 aromatic carbocycles. The number of hydrogen-bond donors (Lipinski definition) is 2. The molecule has 3 aromatic rings. The molecule has 0 aliphatic rings. The van der Waals surface area contributed by atoms with Gasteiger partial charge in [0.15, 0.2) is 9.84 Å². The molecule has 0 spiro atoms. The first-order chi connectivity index (χ1) is 12.8. The molecule has 0 aliphatic heterocycles. The maximum absolute atomic E-state index is 12.2. The second-order valence-electron chi connectivity index (χ2n) is 6.58. The lowest BCUT2D eigenvalue weighted by molar-refractivity contribution is -0.121. The Balaban J connectivity index is 1.58. The molecule has 1 heterocycles. The number of hydrogen-bond acceptors (Lipinski definition) is 5. The monoisotopic (exact) mass is 403 g/mol. The van der Waals surface area contributed by atoms with Crippen LogP contribution >= 0.6 is 11.3 Å². The van der Waals surface area contributed by atoms with Gasteiger partial charge in [0.05, 0.1) is 17.2 Å². The minimum atomic E-state index is -3.50. The van der Waals surface area contributed by atoms with E-state index < -0.39 is 21.3 Å². The molecular weight excluding hydrogens is 382 g/mol. The van der Waals surface area contributed by atoms with E-state index in [2.05, 4.69) is 5.32 Å². The normalized spacial score (nSPS) is 14.0. The Morgan fingerprint density at radius 1 is 1.11 bits per heavy atom. The Morgan fingerprint density at radius 2 is 1.78 bits per heavy atom. The van der Waals surface area contributed by atoms with E-state index >= 15 is 0 Å². The number of amides is 1. The summed E-state index contributed by atoms with van der Waals surface area (Å²) >= 11 is 1.47. The van der Waals surface area contributed by atoms with Gasteiger partial charge in [-0.1, -0.05) is 36.4 Å². The summed E-state index contributed by atoms with van der Waals surface area (Å²) in [5.74, 6) is -0.677. The number of carbonyl (C=O) groups excluding carboxylic acids is 1. The first kappa shape index (κ1) is 19.5. The molecule has 1 atom stereocenters. The Morgan fingerprint density at radius 3 is 2.48 bits per heavy atom. The third-order valence-electron chi connectivity index (χ3n) is 4.29. The van der Waals surface area contributed by atoms with Crippen molar-refractivity contribution in [3.8, 4) is 0 Å². The van der Waals surface area contributed by atoms with E-state index in [9.17, 15) is 18.3 Å². The third-order valence-corrected chi connectivity index (χ3v) is 7.39. The molecular formula is C20H21NO4S2. The summed E-state index contributed by atoms with van der Waals surface area (Å²) in [6.07, 6.45) is -0.153. The average Bonchev–Trinajstić information content (AvgIpc) is 3.11. The summed E-state index contributed by atoms with van der Waals surface area (Å²) in [5, 5.41) is 14.4. The summed E-state index contributed by atoms with van der Waals surface area (Å²) in [4.78, 5) is 13.0. The molecule has 0 fully saturated rings. The van der Waals surface area contributed by atoms with Crippen molar-refractivity contribution in [2.75, 3.05) is 12.3 Å². The summed E-state index contributed by atoms with van der Waals surface area (Å²) in [6, 6.07) is 17.8. The molecule has 0 saturated carbocycles. The molecule has 3 rings (SSSR count). The SMILES string of the molecule is C[C@](O)(CNC(=O)CCS(=O)(=O)c1ccccc1)c1cc2ccccc2s1. The highest BCUT2D eigenvalue weighted by atomic mass is 32.2. The molecule has 0 bridgehead atoms. The molecule has 0 radical (unpaired) electrons. The second kappa shape index (κ2) is 7.80. The number of aliphatic hydroxyl groups is 1. The fraction of sp³-hybridized carbons (Fsp3) is 0.250. The van der Waals surface area contributed by atoms with Gasteiger partial charge in [0.2, 0.25) is 5.91 Å². The van der Waals surface area contributed by atoms with Gasteiger partial charge in [-0.05, 0) is 36.6 Å². The van der Waals surface area contributed by atoms with Gasteiger partial charge in [-0.25, -0.2) is 8.42 Å². The van der Waals surface area contributed by atoms with Crippen LogP contribution in [0.5, 0.6) is 0 Å². The third kappa shape index (κ3) is 4.74. The van der Waals surface area contributed by atoms with Crippen molar-refractivity contribution in [1.82, 2.24) is 5.32 Å². The van der Waals surface area contributed by atoms with E-state index in [1.54, 1.807) is 25.1 Å². The van der Waals surface area contributed by atoms with Crippen LogP contribution < -0.4 is 5.32 Å². The molecule has 1 amide bonds. The van der Waals surface area contributed by atoms with Gasteiger partial charge in [-0.2, -0.15) is 0 Å². The van der Waals surface area contributed by atoms with Crippen LogP contribution in [0.25, 0.3) is 10.1 Å². The predicted molar refractivity (Wildman–Crippen MR) is 108 cm³/mol. The Kier molecular flexibility index (Phi) is 5.64. The number of sulfone groups is 1. The predicted octanol–water partition coefficient (Wildman–Crippen LogP) is 3.09. The largest absolute Gasteiger partial charge is 0.383 e. The summed E-state index contributed by atoms with van der Waals surface area (Å²) in [7, 11) is -3.50. The number of carbonyl (C=O) groups is 1. The van der Waals surface area contributed by atoms with Gasteiger partial charge in [-0.15, -0.1) is 11.3 Å². The minimum absolute atomic E-state index is 0.0179. The van der Waals surface area contributed by atoms with E-state index in [0.717, 1.165) is 15.0 Å². The van der Waals surface area contributed by atoms with Gasteiger partial charge < -0.3 is 10.4 Å². The van der Waals surface area contributed by atoms with Crippen molar-refractivity contribution in [2.24, 2.45) is 0 Å². The zero-order valence-electron chi connectivity index (χ0n) is 14.9. The maximum atomic E-state index is 12.2. The number of thiophene rings is 1. The van der Waals surface area contributed by atoms with Crippen LogP contribution in [0.2, 0.25) is 0 Å². The molecule has 27 heavy (non-hydrogen) atoms. The Labute approximate surface area is 162 Å². The van der Waals surface area contributed by atoms with Gasteiger partial charge in [-0.3, -0.25) is 4.79 Å². The molecule has 2 N–H and O–H groups in total. The van der Waals surface area contributed by atoms with Crippen molar-refractivity contribution in [2.45, 2.75) is 23.8 Å². The topological polar surface area (TPSA) is 83.5 Å². The van der Waals surface area contributed by atoms with Crippen molar-refractivity contribution in [3.63, 3.8) is 0 Å². The minimum Gasteiger partial charge on any atom is -0.383 e. The van der Waals surface area contributed by atoms with Crippen LogP contribution in [-0.2, 0) is 20.2 Å². The van der Waals surface area contributed by atoms with Crippen LogP contribution in [0.3, 0.4) is 0 Å². The molecule has 0 saturated heterocycles. The van der Waals surface area contributed by atoms with Gasteiger partial charge in [0, 0.05) is 16.0 Å². The van der Waals surface area contributed by atoms with Crippen LogP contribution in [0.1, 0.15) is 18.2 Å². The molecule has 7 heteroatoms. The summed E-state index contributed by atoms with van der Waals surface area (Å²) in [6.45, 7) is 1.66. The smallest absolute Gasteiger partial charge is 0.221 e. The molecule has 0 aliphatic carbocycles. The van der Waals surface area contributed by atoms with Gasteiger partial charge in [0.1, 0.15) is 5.60 Å². The lowest BCUT2D eigenvalue weighted by atomic mass is 10.0. The summed E-state index contributed by atoms with van der Waals surface area (Å²) in [5.41, 5.74) is -1.22. The van der Waals surface area contributed by atoms with Crippen LogP contribution in [0.15, 0.2) is 65.6 Å². The van der Waals surface area contributed by atoms with E-state index in [1.165, 1.54) is 23.5 Å². The zero-order valence-corrected chi connectivity index (χ0v) is 16.5. The van der Waals surface area contributed by atoms with Gasteiger partial charge in [0.25, 0.3) is 0 Å². The number of nitrogens with one attached hydrogen (secondary N) is 1. The van der Waals surface area contributed by atoms with Crippen LogP contribution in [0, 0.1) is 0 Å². The number of fused-ring (bicyclic) bond motifs is 1. The van der Waals surface area contributed by atoms with E-state index in [0.29, 0.717) is 0 Å². The van der Waals surface area contributed by atoms with Crippen LogP contribution in [0.4, 0.5) is 0 Å². The highest BCUT2D eigenvalue weighted by Gasteiger charge is 2.26. The quantitative estimate of drug-likeness (QED) is 0.635. The molecule has 0 unspecified atom stereocenters. The maximum Gasteiger partial charge on any atom is 0.221 e. The second-order valence-corrected chi connectivity index (χ2v) is 9.77. The van der Waals surface area contributed by atoms with Crippen LogP contribution in [-0.4, -0.2) is 31.7 Å². The van der Waals surface area contributed by atoms with Crippen molar-refractivity contribution < 1.29 is 18.3 Å². The lowest BCUT2D eigenvalue weighted by Gasteiger charge is -2.22. The highest BCUT2D eigenvalue weighted by Crippen LogP contribution is 2.32. The zero-order chi connectivity index (χ0) is 19.5. The molecule has 1 aromatic heterocycles. The van der Waals surface area contributed by atoms with E-state index in [4.69, 9.17) is 0 Å². The van der Waals surface area contributed by atoms with E-state index in [-0.39, 0.29) is 23.6 Å².